The Morgan fingerprint density at radius 2 is 2.14 bits per heavy atom. The number of aryl methyl sites for hydroxylation is 2. The highest BCUT2D eigenvalue weighted by Gasteiger charge is 2.30. The van der Waals surface area contributed by atoms with E-state index in [1.165, 1.54) is 11.1 Å². The maximum Gasteiger partial charge on any atom is 0.220 e. The lowest BCUT2D eigenvalue weighted by atomic mass is 9.95. The van der Waals surface area contributed by atoms with Gasteiger partial charge in [-0.2, -0.15) is 5.10 Å². The molecule has 2 aromatic heterocycles. The zero-order chi connectivity index (χ0) is 19.7. The lowest BCUT2D eigenvalue weighted by Crippen LogP contribution is -2.25. The van der Waals surface area contributed by atoms with Gasteiger partial charge in [-0.1, -0.05) is 24.3 Å². The first-order chi connectivity index (χ1) is 13.5. The predicted octanol–water partition coefficient (Wildman–Crippen LogP) is 1.52. The molecule has 144 valence electrons. The van der Waals surface area contributed by atoms with Gasteiger partial charge in [-0.05, 0) is 37.1 Å². The second-order valence-electron chi connectivity index (χ2n) is 7.03. The topological polar surface area (TPSA) is 132 Å². The average molecular weight is 376 g/mol. The van der Waals surface area contributed by atoms with E-state index < -0.39 is 0 Å². The molecule has 3 heterocycles. The number of aromatic nitrogens is 4. The summed E-state index contributed by atoms with van der Waals surface area (Å²) in [6.07, 6.45) is 3.24. The van der Waals surface area contributed by atoms with Crippen LogP contribution in [-0.2, 0) is 13.0 Å². The largest absolute Gasteiger partial charge is 0.382 e. The maximum absolute atomic E-state index is 8.07. The zero-order valence-electron chi connectivity index (χ0n) is 15.8. The van der Waals surface area contributed by atoms with E-state index in [0.29, 0.717) is 12.1 Å². The molecular formula is C20H24N8. The summed E-state index contributed by atoms with van der Waals surface area (Å²) in [5.74, 6) is 0.215. The number of nitrogens with two attached hydrogens (primary N) is 2. The minimum atomic E-state index is -0.188. The quantitative estimate of drug-likeness (QED) is 0.403. The van der Waals surface area contributed by atoms with Gasteiger partial charge in [-0.15, -0.1) is 0 Å². The summed E-state index contributed by atoms with van der Waals surface area (Å²) in [7, 11) is 0. The van der Waals surface area contributed by atoms with Gasteiger partial charge in [0, 0.05) is 24.7 Å². The number of benzene rings is 1. The number of nitrogen functional groups attached to an aromatic ring is 2. The summed E-state index contributed by atoms with van der Waals surface area (Å²) >= 11 is 0. The summed E-state index contributed by atoms with van der Waals surface area (Å²) in [4.78, 5) is 8.45. The fraction of sp³-hybridized carbons (Fsp3) is 0.300. The number of nitrogens with zero attached hydrogens (tertiary/aromatic N) is 4. The van der Waals surface area contributed by atoms with E-state index in [4.69, 9.17) is 16.9 Å². The Morgan fingerprint density at radius 3 is 2.89 bits per heavy atom. The van der Waals surface area contributed by atoms with E-state index in [2.05, 4.69) is 39.4 Å². The number of anilines is 1. The van der Waals surface area contributed by atoms with Crippen LogP contribution < -0.4 is 16.8 Å². The Morgan fingerprint density at radius 1 is 1.32 bits per heavy atom. The maximum atomic E-state index is 8.07. The van der Waals surface area contributed by atoms with Crippen molar-refractivity contribution in [2.24, 2.45) is 5.73 Å². The van der Waals surface area contributed by atoms with Crippen molar-refractivity contribution in [3.63, 3.8) is 0 Å². The number of fused-ring (bicyclic) bond motifs is 1. The van der Waals surface area contributed by atoms with Crippen molar-refractivity contribution in [2.45, 2.75) is 32.4 Å². The van der Waals surface area contributed by atoms with Gasteiger partial charge < -0.3 is 16.8 Å². The van der Waals surface area contributed by atoms with Gasteiger partial charge in [-0.25, -0.2) is 9.97 Å². The second-order valence-corrected chi connectivity index (χ2v) is 7.03. The Labute approximate surface area is 163 Å². The minimum Gasteiger partial charge on any atom is -0.382 e. The molecule has 0 saturated heterocycles. The zero-order valence-corrected chi connectivity index (χ0v) is 15.8. The molecule has 0 fully saturated rings. The smallest absolute Gasteiger partial charge is 0.220 e. The number of nitrogens with one attached hydrogen (secondary N) is 2. The van der Waals surface area contributed by atoms with Gasteiger partial charge in [0.25, 0.3) is 0 Å². The SMILES string of the molecule is Cc1ccccc1Cc1c(C(=N)N)nn2c1C(c1ccnc(N)n1)NCCC2. The number of hydrogen-bond donors (Lipinski definition) is 4. The second kappa shape index (κ2) is 7.40. The van der Waals surface area contributed by atoms with E-state index in [-0.39, 0.29) is 17.8 Å². The van der Waals surface area contributed by atoms with E-state index in [9.17, 15) is 0 Å². The summed E-state index contributed by atoms with van der Waals surface area (Å²) < 4.78 is 1.97. The van der Waals surface area contributed by atoms with Gasteiger partial charge >= 0.3 is 0 Å². The first kappa shape index (κ1) is 18.1. The van der Waals surface area contributed by atoms with Crippen LogP contribution in [0.3, 0.4) is 0 Å². The summed E-state index contributed by atoms with van der Waals surface area (Å²) in [6, 6.07) is 9.92. The monoisotopic (exact) mass is 376 g/mol. The van der Waals surface area contributed by atoms with Crippen LogP contribution >= 0.6 is 0 Å². The molecule has 1 atom stereocenters. The molecule has 0 saturated carbocycles. The van der Waals surface area contributed by atoms with E-state index in [0.717, 1.165) is 36.5 Å². The lowest BCUT2D eigenvalue weighted by Gasteiger charge is -2.19. The van der Waals surface area contributed by atoms with Crippen molar-refractivity contribution < 1.29 is 0 Å². The molecule has 0 bridgehead atoms. The highest BCUT2D eigenvalue weighted by atomic mass is 15.3. The minimum absolute atomic E-state index is 0.0230. The van der Waals surface area contributed by atoms with Crippen LogP contribution in [0.5, 0.6) is 0 Å². The van der Waals surface area contributed by atoms with Crippen molar-refractivity contribution in [3.05, 3.63) is 70.3 Å². The van der Waals surface area contributed by atoms with Crippen LogP contribution in [0.4, 0.5) is 5.95 Å². The highest BCUT2D eigenvalue weighted by Crippen LogP contribution is 2.30. The van der Waals surface area contributed by atoms with Gasteiger partial charge in [-0.3, -0.25) is 10.1 Å². The molecule has 0 aliphatic carbocycles. The standard InChI is InChI=1S/C20H24N8/c1-12-5-2-3-6-13(12)11-14-16(19(21)22)27-28-10-4-8-24-17(18(14)28)15-7-9-25-20(23)26-15/h2-3,5-7,9,17,24H,4,8,10-11H2,1H3,(H3,21,22)(H2,23,25,26). The van der Waals surface area contributed by atoms with Gasteiger partial charge in [0.1, 0.15) is 11.5 Å². The van der Waals surface area contributed by atoms with Crippen molar-refractivity contribution in [2.75, 3.05) is 12.3 Å². The van der Waals surface area contributed by atoms with Crippen molar-refractivity contribution >= 4 is 11.8 Å². The van der Waals surface area contributed by atoms with Crippen molar-refractivity contribution in [3.8, 4) is 0 Å². The first-order valence-corrected chi connectivity index (χ1v) is 9.35. The Kier molecular flexibility index (Phi) is 4.79. The molecule has 28 heavy (non-hydrogen) atoms. The molecule has 1 aliphatic heterocycles. The normalized spacial score (nSPS) is 16.4. The van der Waals surface area contributed by atoms with Crippen LogP contribution in [0.25, 0.3) is 0 Å². The molecule has 8 heteroatoms. The van der Waals surface area contributed by atoms with Gasteiger partial charge in [0.2, 0.25) is 5.95 Å². The molecule has 0 radical (unpaired) electrons. The molecule has 0 amide bonds. The van der Waals surface area contributed by atoms with Crippen LogP contribution in [0.2, 0.25) is 0 Å². The summed E-state index contributed by atoms with van der Waals surface area (Å²) in [5, 5.41) is 16.3. The third-order valence-corrected chi connectivity index (χ3v) is 5.14. The lowest BCUT2D eigenvalue weighted by molar-refractivity contribution is 0.586. The summed E-state index contributed by atoms with van der Waals surface area (Å²) in [5.41, 5.74) is 17.4. The van der Waals surface area contributed by atoms with Crippen LogP contribution in [0, 0.1) is 12.3 Å². The predicted molar refractivity (Wildman–Crippen MR) is 108 cm³/mol. The Balaban J connectivity index is 1.89. The molecule has 1 aliphatic rings. The van der Waals surface area contributed by atoms with Crippen LogP contribution in [-0.4, -0.2) is 32.1 Å². The van der Waals surface area contributed by atoms with Gasteiger partial charge in [0.15, 0.2) is 0 Å². The third kappa shape index (κ3) is 3.34. The van der Waals surface area contributed by atoms with Crippen molar-refractivity contribution in [1.29, 1.82) is 5.41 Å². The summed E-state index contributed by atoms with van der Waals surface area (Å²) in [6.45, 7) is 3.68. The van der Waals surface area contributed by atoms with Crippen LogP contribution in [0.15, 0.2) is 36.5 Å². The molecular weight excluding hydrogens is 352 g/mol. The Hall–Kier alpha value is -3.26. The molecule has 8 nitrogen and oxygen atoms in total. The highest BCUT2D eigenvalue weighted by molar-refractivity contribution is 5.95. The Bertz CT molecular complexity index is 1020. The number of amidine groups is 1. The molecule has 4 rings (SSSR count). The first-order valence-electron chi connectivity index (χ1n) is 9.35. The molecule has 6 N–H and O–H groups in total. The third-order valence-electron chi connectivity index (χ3n) is 5.14. The molecule has 1 aromatic carbocycles. The van der Waals surface area contributed by atoms with Crippen LogP contribution in [0.1, 0.15) is 46.2 Å². The average Bonchev–Trinajstić information content (AvgIpc) is 2.89. The fourth-order valence-corrected chi connectivity index (χ4v) is 3.76. The number of rotatable bonds is 4. The fourth-order valence-electron chi connectivity index (χ4n) is 3.76. The van der Waals surface area contributed by atoms with Crippen molar-refractivity contribution in [1.82, 2.24) is 25.1 Å². The van der Waals surface area contributed by atoms with E-state index in [1.54, 1.807) is 6.20 Å². The van der Waals surface area contributed by atoms with E-state index >= 15 is 0 Å². The molecule has 1 unspecified atom stereocenters. The molecule has 3 aromatic rings. The van der Waals surface area contributed by atoms with Gasteiger partial charge in [0.05, 0.1) is 17.4 Å². The molecule has 0 spiro atoms. The van der Waals surface area contributed by atoms with E-state index in [1.807, 2.05) is 22.9 Å². The number of hydrogen-bond acceptors (Lipinski definition) is 6.